The summed E-state index contributed by atoms with van der Waals surface area (Å²) in [6, 6.07) is 0. The number of piperidine rings is 1. The van der Waals surface area contributed by atoms with Gasteiger partial charge in [-0.15, -0.1) is 11.3 Å². The SMILES string of the molecule is CC(C)C1CCN(Cc2csc(N)n2)CC1. The Labute approximate surface area is 102 Å². The van der Waals surface area contributed by atoms with Crippen LogP contribution in [0.3, 0.4) is 0 Å². The van der Waals surface area contributed by atoms with Crippen LogP contribution in [0, 0.1) is 11.8 Å². The second-order valence-electron chi connectivity index (χ2n) is 5.03. The minimum Gasteiger partial charge on any atom is -0.375 e. The van der Waals surface area contributed by atoms with Crippen LogP contribution < -0.4 is 5.73 Å². The number of nitrogens with zero attached hydrogens (tertiary/aromatic N) is 2. The number of nitrogen functional groups attached to an aromatic ring is 1. The average Bonchev–Trinajstić information content (AvgIpc) is 2.65. The first-order valence-electron chi connectivity index (χ1n) is 6.07. The number of nitrogens with two attached hydrogens (primary N) is 1. The van der Waals surface area contributed by atoms with E-state index in [2.05, 4.69) is 29.1 Å². The Bertz CT molecular complexity index is 327. The van der Waals surface area contributed by atoms with E-state index in [1.807, 2.05) is 0 Å². The maximum absolute atomic E-state index is 5.63. The molecular formula is C12H21N3S. The van der Waals surface area contributed by atoms with Crippen LogP contribution in [0.4, 0.5) is 5.13 Å². The molecule has 0 saturated carbocycles. The summed E-state index contributed by atoms with van der Waals surface area (Å²) in [5, 5.41) is 2.76. The highest BCUT2D eigenvalue weighted by Crippen LogP contribution is 2.25. The quantitative estimate of drug-likeness (QED) is 0.881. The molecule has 0 bridgehead atoms. The van der Waals surface area contributed by atoms with Gasteiger partial charge in [0.15, 0.2) is 5.13 Å². The van der Waals surface area contributed by atoms with E-state index in [9.17, 15) is 0 Å². The number of likely N-dealkylation sites (tertiary alicyclic amines) is 1. The van der Waals surface area contributed by atoms with Gasteiger partial charge in [-0.3, -0.25) is 4.90 Å². The largest absolute Gasteiger partial charge is 0.375 e. The summed E-state index contributed by atoms with van der Waals surface area (Å²) in [6.07, 6.45) is 2.66. The Morgan fingerprint density at radius 1 is 1.50 bits per heavy atom. The first-order valence-corrected chi connectivity index (χ1v) is 6.95. The van der Waals surface area contributed by atoms with Gasteiger partial charge in [-0.25, -0.2) is 4.98 Å². The molecule has 0 spiro atoms. The van der Waals surface area contributed by atoms with Crippen LogP contribution in [0.5, 0.6) is 0 Å². The molecule has 2 N–H and O–H groups in total. The lowest BCUT2D eigenvalue weighted by Crippen LogP contribution is -2.34. The molecule has 4 heteroatoms. The number of anilines is 1. The monoisotopic (exact) mass is 239 g/mol. The van der Waals surface area contributed by atoms with E-state index in [0.29, 0.717) is 5.13 Å². The molecule has 1 aromatic heterocycles. The van der Waals surface area contributed by atoms with Crippen molar-refractivity contribution >= 4 is 16.5 Å². The van der Waals surface area contributed by atoms with Gasteiger partial charge in [0.05, 0.1) is 5.69 Å². The summed E-state index contributed by atoms with van der Waals surface area (Å²) in [7, 11) is 0. The minimum absolute atomic E-state index is 0.687. The first kappa shape index (κ1) is 11.9. The molecule has 2 heterocycles. The maximum atomic E-state index is 5.63. The summed E-state index contributed by atoms with van der Waals surface area (Å²) in [4.78, 5) is 6.81. The van der Waals surface area contributed by atoms with Gasteiger partial charge in [-0.1, -0.05) is 13.8 Å². The van der Waals surface area contributed by atoms with E-state index in [0.717, 1.165) is 24.1 Å². The summed E-state index contributed by atoms with van der Waals surface area (Å²) in [5.41, 5.74) is 6.76. The third-order valence-electron chi connectivity index (χ3n) is 3.53. The van der Waals surface area contributed by atoms with Gasteiger partial charge >= 0.3 is 0 Å². The topological polar surface area (TPSA) is 42.1 Å². The van der Waals surface area contributed by atoms with E-state index < -0.39 is 0 Å². The third kappa shape index (κ3) is 2.95. The highest BCUT2D eigenvalue weighted by molar-refractivity contribution is 7.13. The summed E-state index contributed by atoms with van der Waals surface area (Å²) in [5.74, 6) is 1.74. The highest BCUT2D eigenvalue weighted by Gasteiger charge is 2.21. The molecule has 1 aliphatic rings. The molecule has 0 aliphatic carbocycles. The molecule has 0 amide bonds. The van der Waals surface area contributed by atoms with Crippen molar-refractivity contribution in [2.75, 3.05) is 18.8 Å². The first-order chi connectivity index (χ1) is 7.65. The second-order valence-corrected chi connectivity index (χ2v) is 5.92. The van der Waals surface area contributed by atoms with Gasteiger partial charge in [0.25, 0.3) is 0 Å². The Balaban J connectivity index is 1.81. The molecule has 1 fully saturated rings. The Morgan fingerprint density at radius 2 is 2.19 bits per heavy atom. The number of hydrogen-bond acceptors (Lipinski definition) is 4. The molecular weight excluding hydrogens is 218 g/mol. The van der Waals surface area contributed by atoms with Crippen molar-refractivity contribution in [2.45, 2.75) is 33.2 Å². The number of rotatable bonds is 3. The van der Waals surface area contributed by atoms with Crippen LogP contribution in [0.25, 0.3) is 0 Å². The zero-order valence-electron chi connectivity index (χ0n) is 10.1. The van der Waals surface area contributed by atoms with Crippen molar-refractivity contribution in [3.63, 3.8) is 0 Å². The Kier molecular flexibility index (Phi) is 3.82. The van der Waals surface area contributed by atoms with Crippen molar-refractivity contribution in [1.82, 2.24) is 9.88 Å². The number of thiazole rings is 1. The fraction of sp³-hybridized carbons (Fsp3) is 0.750. The molecule has 0 unspecified atom stereocenters. The van der Waals surface area contributed by atoms with Gasteiger partial charge in [0.1, 0.15) is 0 Å². The molecule has 0 radical (unpaired) electrons. The van der Waals surface area contributed by atoms with E-state index in [1.54, 1.807) is 0 Å². The van der Waals surface area contributed by atoms with Crippen LogP contribution in [0.1, 0.15) is 32.4 Å². The number of hydrogen-bond donors (Lipinski definition) is 1. The summed E-state index contributed by atoms with van der Waals surface area (Å²) < 4.78 is 0. The molecule has 0 atom stereocenters. The zero-order valence-corrected chi connectivity index (χ0v) is 11.0. The third-order valence-corrected chi connectivity index (χ3v) is 4.25. The standard InChI is InChI=1S/C12H21N3S/c1-9(2)10-3-5-15(6-4-10)7-11-8-16-12(13)14-11/h8-10H,3-7H2,1-2H3,(H2,13,14). The maximum Gasteiger partial charge on any atom is 0.180 e. The molecule has 2 rings (SSSR count). The van der Waals surface area contributed by atoms with Crippen molar-refractivity contribution in [3.8, 4) is 0 Å². The smallest absolute Gasteiger partial charge is 0.180 e. The number of aromatic nitrogens is 1. The molecule has 3 nitrogen and oxygen atoms in total. The Morgan fingerprint density at radius 3 is 2.69 bits per heavy atom. The van der Waals surface area contributed by atoms with Crippen molar-refractivity contribution in [1.29, 1.82) is 0 Å². The van der Waals surface area contributed by atoms with Crippen LogP contribution in [0.15, 0.2) is 5.38 Å². The predicted molar refractivity (Wildman–Crippen MR) is 69.4 cm³/mol. The lowest BCUT2D eigenvalue weighted by Gasteiger charge is -2.33. The van der Waals surface area contributed by atoms with Crippen LogP contribution >= 0.6 is 11.3 Å². The van der Waals surface area contributed by atoms with E-state index in [1.165, 1.54) is 37.3 Å². The van der Waals surface area contributed by atoms with Gasteiger partial charge in [0.2, 0.25) is 0 Å². The normalized spacial score (nSPS) is 19.4. The molecule has 1 aromatic rings. The van der Waals surface area contributed by atoms with E-state index in [4.69, 9.17) is 5.73 Å². The van der Waals surface area contributed by atoms with E-state index >= 15 is 0 Å². The van der Waals surface area contributed by atoms with Gasteiger partial charge in [0, 0.05) is 11.9 Å². The predicted octanol–water partition coefficient (Wildman–Crippen LogP) is 2.59. The molecule has 1 saturated heterocycles. The van der Waals surface area contributed by atoms with E-state index in [-0.39, 0.29) is 0 Å². The molecule has 0 aromatic carbocycles. The van der Waals surface area contributed by atoms with Crippen molar-refractivity contribution in [3.05, 3.63) is 11.1 Å². The molecule has 16 heavy (non-hydrogen) atoms. The fourth-order valence-electron chi connectivity index (χ4n) is 2.40. The van der Waals surface area contributed by atoms with Crippen LogP contribution in [-0.2, 0) is 6.54 Å². The van der Waals surface area contributed by atoms with Gasteiger partial charge < -0.3 is 5.73 Å². The van der Waals surface area contributed by atoms with Crippen LogP contribution in [-0.4, -0.2) is 23.0 Å². The fourth-order valence-corrected chi connectivity index (χ4v) is 2.96. The van der Waals surface area contributed by atoms with Crippen molar-refractivity contribution in [2.24, 2.45) is 11.8 Å². The lowest BCUT2D eigenvalue weighted by atomic mass is 9.87. The average molecular weight is 239 g/mol. The van der Waals surface area contributed by atoms with Crippen molar-refractivity contribution < 1.29 is 0 Å². The zero-order chi connectivity index (χ0) is 11.5. The minimum atomic E-state index is 0.687. The summed E-state index contributed by atoms with van der Waals surface area (Å²) >= 11 is 1.54. The van der Waals surface area contributed by atoms with Gasteiger partial charge in [-0.2, -0.15) is 0 Å². The summed E-state index contributed by atoms with van der Waals surface area (Å²) in [6.45, 7) is 8.06. The second kappa shape index (κ2) is 5.15. The molecule has 1 aliphatic heterocycles. The lowest BCUT2D eigenvalue weighted by molar-refractivity contribution is 0.151. The van der Waals surface area contributed by atoms with Gasteiger partial charge in [-0.05, 0) is 37.8 Å². The Hall–Kier alpha value is -0.610. The molecule has 90 valence electrons. The van der Waals surface area contributed by atoms with Crippen LogP contribution in [0.2, 0.25) is 0 Å². The highest BCUT2D eigenvalue weighted by atomic mass is 32.1.